The highest BCUT2D eigenvalue weighted by atomic mass is 15.3. The minimum Gasteiger partial charge on any atom is -0.328 e. The maximum Gasteiger partial charge on any atom is 0.133 e. The quantitative estimate of drug-likeness (QED) is 0.810. The number of rotatable bonds is 3. The third-order valence-electron chi connectivity index (χ3n) is 3.14. The molecule has 0 saturated heterocycles. The summed E-state index contributed by atoms with van der Waals surface area (Å²) < 4.78 is 2.29. The van der Waals surface area contributed by atoms with Gasteiger partial charge in [-0.1, -0.05) is 6.92 Å². The van der Waals surface area contributed by atoms with Crippen LogP contribution in [0.15, 0.2) is 0 Å². The molecule has 0 amide bonds. The Bertz CT molecular complexity index is 316. The Morgan fingerprint density at radius 3 is 3.00 bits per heavy atom. The van der Waals surface area contributed by atoms with Crippen LogP contribution >= 0.6 is 0 Å². The van der Waals surface area contributed by atoms with Crippen molar-refractivity contribution in [1.82, 2.24) is 14.8 Å². The van der Waals surface area contributed by atoms with Gasteiger partial charge in [0.15, 0.2) is 0 Å². The molecule has 2 heterocycles. The monoisotopic (exact) mass is 208 g/mol. The molecule has 84 valence electrons. The number of nitrogens with two attached hydrogens (primary N) is 1. The second-order valence-electron chi connectivity index (χ2n) is 4.61. The lowest BCUT2D eigenvalue weighted by molar-refractivity contribution is 0.323. The summed E-state index contributed by atoms with van der Waals surface area (Å²) in [5.41, 5.74) is 5.85. The Morgan fingerprint density at radius 2 is 2.33 bits per heavy atom. The number of hydrogen-bond acceptors (Lipinski definition) is 3. The van der Waals surface area contributed by atoms with E-state index in [4.69, 9.17) is 5.73 Å². The first-order valence-electron chi connectivity index (χ1n) is 5.87. The number of aryl methyl sites for hydroxylation is 2. The van der Waals surface area contributed by atoms with E-state index in [1.54, 1.807) is 0 Å². The Balaban J connectivity index is 2.10. The van der Waals surface area contributed by atoms with Crippen molar-refractivity contribution in [3.63, 3.8) is 0 Å². The average molecular weight is 208 g/mol. The lowest BCUT2D eigenvalue weighted by Gasteiger charge is -2.25. The lowest BCUT2D eigenvalue weighted by Crippen LogP contribution is -2.27. The summed E-state index contributed by atoms with van der Waals surface area (Å²) in [5, 5.41) is 8.43. The molecule has 2 unspecified atom stereocenters. The van der Waals surface area contributed by atoms with Crippen LogP contribution < -0.4 is 5.73 Å². The van der Waals surface area contributed by atoms with Crippen molar-refractivity contribution in [2.45, 2.75) is 52.1 Å². The highest BCUT2D eigenvalue weighted by Crippen LogP contribution is 2.23. The van der Waals surface area contributed by atoms with Gasteiger partial charge in [-0.3, -0.25) is 0 Å². The SMILES string of the molecule is CCc1nnc2n1CC(CC(C)N)CC2. The van der Waals surface area contributed by atoms with Crippen LogP contribution in [0.4, 0.5) is 0 Å². The fourth-order valence-electron chi connectivity index (χ4n) is 2.43. The molecule has 0 spiro atoms. The summed E-state index contributed by atoms with van der Waals surface area (Å²) >= 11 is 0. The second kappa shape index (κ2) is 4.31. The summed E-state index contributed by atoms with van der Waals surface area (Å²) in [6.07, 6.45) is 4.35. The third kappa shape index (κ3) is 2.20. The van der Waals surface area contributed by atoms with E-state index in [0.717, 1.165) is 37.5 Å². The molecule has 0 fully saturated rings. The van der Waals surface area contributed by atoms with Crippen molar-refractivity contribution in [2.75, 3.05) is 0 Å². The Labute approximate surface area is 90.9 Å². The predicted octanol–water partition coefficient (Wildman–Crippen LogP) is 1.14. The highest BCUT2D eigenvalue weighted by Gasteiger charge is 2.22. The van der Waals surface area contributed by atoms with Crippen LogP contribution in [-0.2, 0) is 19.4 Å². The van der Waals surface area contributed by atoms with Gasteiger partial charge in [-0.25, -0.2) is 0 Å². The molecule has 4 nitrogen and oxygen atoms in total. The molecule has 1 aliphatic rings. The second-order valence-corrected chi connectivity index (χ2v) is 4.61. The Hall–Kier alpha value is -0.900. The molecule has 1 aliphatic heterocycles. The molecule has 0 saturated carbocycles. The molecule has 2 N–H and O–H groups in total. The molecule has 0 radical (unpaired) electrons. The van der Waals surface area contributed by atoms with Crippen LogP contribution in [0.1, 0.15) is 38.3 Å². The van der Waals surface area contributed by atoms with Crippen molar-refractivity contribution < 1.29 is 0 Å². The number of hydrogen-bond donors (Lipinski definition) is 1. The topological polar surface area (TPSA) is 56.7 Å². The highest BCUT2D eigenvalue weighted by molar-refractivity contribution is 5.00. The maximum atomic E-state index is 5.85. The van der Waals surface area contributed by atoms with Gasteiger partial charge in [0, 0.05) is 25.4 Å². The molecular weight excluding hydrogens is 188 g/mol. The fourth-order valence-corrected chi connectivity index (χ4v) is 2.43. The Kier molecular flexibility index (Phi) is 3.05. The van der Waals surface area contributed by atoms with Gasteiger partial charge in [0.05, 0.1) is 0 Å². The van der Waals surface area contributed by atoms with Gasteiger partial charge in [0.25, 0.3) is 0 Å². The zero-order valence-electron chi connectivity index (χ0n) is 9.61. The summed E-state index contributed by atoms with van der Waals surface area (Å²) in [4.78, 5) is 0. The van der Waals surface area contributed by atoms with Crippen LogP contribution in [0.2, 0.25) is 0 Å². The van der Waals surface area contributed by atoms with Gasteiger partial charge in [-0.2, -0.15) is 0 Å². The number of fused-ring (bicyclic) bond motifs is 1. The molecular formula is C11H20N4. The maximum absolute atomic E-state index is 5.85. The zero-order chi connectivity index (χ0) is 10.8. The van der Waals surface area contributed by atoms with Gasteiger partial charge in [-0.15, -0.1) is 10.2 Å². The van der Waals surface area contributed by atoms with Crippen LogP contribution in [-0.4, -0.2) is 20.8 Å². The standard InChI is InChI=1S/C11H20N4/c1-3-10-13-14-11-5-4-9(6-8(2)12)7-15(10)11/h8-9H,3-7,12H2,1-2H3. The van der Waals surface area contributed by atoms with Gasteiger partial charge in [0.1, 0.15) is 11.6 Å². The van der Waals surface area contributed by atoms with Gasteiger partial charge < -0.3 is 10.3 Å². The van der Waals surface area contributed by atoms with Crippen molar-refractivity contribution in [3.05, 3.63) is 11.6 Å². The minimum absolute atomic E-state index is 0.304. The van der Waals surface area contributed by atoms with Gasteiger partial charge in [0.2, 0.25) is 0 Å². The smallest absolute Gasteiger partial charge is 0.133 e. The molecule has 1 aromatic heterocycles. The van der Waals surface area contributed by atoms with Crippen LogP contribution in [0.25, 0.3) is 0 Å². The molecule has 0 aliphatic carbocycles. The molecule has 1 aromatic rings. The fraction of sp³-hybridized carbons (Fsp3) is 0.818. The minimum atomic E-state index is 0.304. The van der Waals surface area contributed by atoms with E-state index < -0.39 is 0 Å². The molecule has 2 rings (SSSR count). The normalized spacial score (nSPS) is 22.5. The molecule has 4 heteroatoms. The summed E-state index contributed by atoms with van der Waals surface area (Å²) in [6.45, 7) is 5.28. The van der Waals surface area contributed by atoms with E-state index in [1.807, 2.05) is 0 Å². The van der Waals surface area contributed by atoms with Crippen molar-refractivity contribution in [3.8, 4) is 0 Å². The molecule has 0 bridgehead atoms. The zero-order valence-corrected chi connectivity index (χ0v) is 9.61. The first kappa shape index (κ1) is 10.6. The number of aromatic nitrogens is 3. The summed E-state index contributed by atoms with van der Waals surface area (Å²) in [5.74, 6) is 2.99. The molecule has 15 heavy (non-hydrogen) atoms. The summed E-state index contributed by atoms with van der Waals surface area (Å²) in [6, 6.07) is 0.304. The third-order valence-corrected chi connectivity index (χ3v) is 3.14. The predicted molar refractivity (Wildman–Crippen MR) is 59.5 cm³/mol. The first-order chi connectivity index (χ1) is 7.20. The van der Waals surface area contributed by atoms with Crippen LogP contribution in [0, 0.1) is 5.92 Å². The van der Waals surface area contributed by atoms with Crippen LogP contribution in [0.5, 0.6) is 0 Å². The van der Waals surface area contributed by atoms with E-state index >= 15 is 0 Å². The van der Waals surface area contributed by atoms with E-state index in [1.165, 1.54) is 6.42 Å². The van der Waals surface area contributed by atoms with E-state index in [9.17, 15) is 0 Å². The number of nitrogens with zero attached hydrogens (tertiary/aromatic N) is 3. The first-order valence-corrected chi connectivity index (χ1v) is 5.87. The van der Waals surface area contributed by atoms with E-state index in [0.29, 0.717) is 12.0 Å². The summed E-state index contributed by atoms with van der Waals surface area (Å²) in [7, 11) is 0. The van der Waals surface area contributed by atoms with Gasteiger partial charge >= 0.3 is 0 Å². The Morgan fingerprint density at radius 1 is 1.53 bits per heavy atom. The molecule has 0 aromatic carbocycles. The lowest BCUT2D eigenvalue weighted by atomic mass is 9.93. The van der Waals surface area contributed by atoms with Crippen molar-refractivity contribution in [1.29, 1.82) is 0 Å². The van der Waals surface area contributed by atoms with E-state index in [-0.39, 0.29) is 0 Å². The largest absolute Gasteiger partial charge is 0.328 e. The van der Waals surface area contributed by atoms with Crippen molar-refractivity contribution in [2.24, 2.45) is 11.7 Å². The average Bonchev–Trinajstić information content (AvgIpc) is 2.59. The van der Waals surface area contributed by atoms with Crippen LogP contribution in [0.3, 0.4) is 0 Å². The molecule has 2 atom stereocenters. The van der Waals surface area contributed by atoms with Crippen molar-refractivity contribution >= 4 is 0 Å². The van der Waals surface area contributed by atoms with Gasteiger partial charge in [-0.05, 0) is 25.7 Å². The van der Waals surface area contributed by atoms with E-state index in [2.05, 4.69) is 28.6 Å².